The summed E-state index contributed by atoms with van der Waals surface area (Å²) in [6.45, 7) is 5.92. The molecule has 0 aromatic rings. The van der Waals surface area contributed by atoms with Crippen LogP contribution < -0.4 is 0 Å². The molecule has 64 valence electrons. The van der Waals surface area contributed by atoms with Crippen molar-refractivity contribution in [2.75, 3.05) is 19.9 Å². The Balaban J connectivity index is 0. The van der Waals surface area contributed by atoms with Gasteiger partial charge in [0.1, 0.15) is 0 Å². The van der Waals surface area contributed by atoms with Crippen LogP contribution in [0, 0.1) is 0 Å². The molecule has 0 aromatic carbocycles. The summed E-state index contributed by atoms with van der Waals surface area (Å²) in [6.07, 6.45) is 0. The minimum atomic E-state index is -2.69. The third-order valence-electron chi connectivity index (χ3n) is 0.727. The van der Waals surface area contributed by atoms with E-state index in [9.17, 15) is 4.57 Å². The smallest absolute Gasteiger partial charge is 0.327 e. The predicted molar refractivity (Wildman–Crippen MR) is 40.4 cm³/mol. The van der Waals surface area contributed by atoms with Crippen LogP contribution >= 0.6 is 7.60 Å². The van der Waals surface area contributed by atoms with Gasteiger partial charge in [-0.25, -0.2) is 0 Å². The summed E-state index contributed by atoms with van der Waals surface area (Å²) in [5, 5.41) is 0. The average Bonchev–Trinajstić information content (AvgIpc) is 1.64. The summed E-state index contributed by atoms with van der Waals surface area (Å²) in [7, 11) is -2.69. The second-order valence-corrected chi connectivity index (χ2v) is 3.67. The summed E-state index contributed by atoms with van der Waals surface area (Å²) < 4.78 is 20.6. The van der Waals surface area contributed by atoms with Crippen molar-refractivity contribution in [1.82, 2.24) is 0 Å². The summed E-state index contributed by atoms with van der Waals surface area (Å²) >= 11 is 0. The fraction of sp³-hybridized carbons (Fsp3) is 1.00. The van der Waals surface area contributed by atoms with Gasteiger partial charge in [0.05, 0.1) is 13.2 Å². The Morgan fingerprint density at radius 2 is 1.50 bits per heavy atom. The monoisotopic (exact) mass is 170 g/mol. The van der Waals surface area contributed by atoms with E-state index in [-0.39, 0.29) is 5.48 Å². The number of hydrogen-bond acceptors (Lipinski definition) is 3. The van der Waals surface area contributed by atoms with Crippen molar-refractivity contribution in [3.63, 3.8) is 0 Å². The molecule has 0 aliphatic rings. The summed E-state index contributed by atoms with van der Waals surface area (Å²) in [6, 6.07) is 0. The second kappa shape index (κ2) is 5.86. The maximum absolute atomic E-state index is 11.0. The molecule has 0 saturated carbocycles. The van der Waals surface area contributed by atoms with Crippen LogP contribution in [0.1, 0.15) is 13.8 Å². The van der Waals surface area contributed by atoms with Crippen LogP contribution in [-0.2, 0) is 13.6 Å². The van der Waals surface area contributed by atoms with E-state index >= 15 is 0 Å². The van der Waals surface area contributed by atoms with Gasteiger partial charge in [0, 0.05) is 6.66 Å². The molecular weight excluding hydrogens is 155 g/mol. The zero-order valence-corrected chi connectivity index (χ0v) is 7.48. The summed E-state index contributed by atoms with van der Waals surface area (Å²) in [4.78, 5) is 0. The molecule has 0 spiro atoms. The largest absolute Gasteiger partial charge is 0.412 e. The van der Waals surface area contributed by atoms with Gasteiger partial charge in [-0.1, -0.05) is 0 Å². The molecule has 0 atom stereocenters. The molecule has 0 aromatic heterocycles. The quantitative estimate of drug-likeness (QED) is 0.592. The first kappa shape index (κ1) is 12.8. The fourth-order valence-corrected chi connectivity index (χ4v) is 1.52. The highest BCUT2D eigenvalue weighted by Gasteiger charge is 2.13. The van der Waals surface area contributed by atoms with Crippen molar-refractivity contribution in [1.29, 1.82) is 0 Å². The molecule has 0 fully saturated rings. The second-order valence-electron chi connectivity index (χ2n) is 1.61. The van der Waals surface area contributed by atoms with Crippen LogP contribution in [0.4, 0.5) is 0 Å². The van der Waals surface area contributed by atoms with Crippen LogP contribution in [-0.4, -0.2) is 25.4 Å². The maximum Gasteiger partial charge on any atom is 0.327 e. The van der Waals surface area contributed by atoms with E-state index in [1.165, 1.54) is 6.66 Å². The lowest BCUT2D eigenvalue weighted by molar-refractivity contribution is 0.225. The highest BCUT2D eigenvalue weighted by molar-refractivity contribution is 7.52. The van der Waals surface area contributed by atoms with Crippen LogP contribution in [0.25, 0.3) is 0 Å². The van der Waals surface area contributed by atoms with Gasteiger partial charge in [-0.05, 0) is 13.8 Å². The molecule has 0 saturated heterocycles. The molecule has 0 rings (SSSR count). The minimum absolute atomic E-state index is 0. The molecule has 2 N–H and O–H groups in total. The Morgan fingerprint density at radius 1 is 1.20 bits per heavy atom. The average molecular weight is 170 g/mol. The first-order valence-electron chi connectivity index (χ1n) is 2.99. The van der Waals surface area contributed by atoms with Gasteiger partial charge in [-0.3, -0.25) is 4.57 Å². The lowest BCUT2D eigenvalue weighted by atomic mass is 10.9. The van der Waals surface area contributed by atoms with Crippen LogP contribution in [0.3, 0.4) is 0 Å². The summed E-state index contributed by atoms with van der Waals surface area (Å²) in [5.41, 5.74) is 0. The number of rotatable bonds is 4. The molecule has 0 amide bonds. The topological polar surface area (TPSA) is 67.0 Å². The molecule has 0 aliphatic carbocycles. The molecule has 10 heavy (non-hydrogen) atoms. The van der Waals surface area contributed by atoms with Gasteiger partial charge in [-0.15, -0.1) is 0 Å². The van der Waals surface area contributed by atoms with E-state index < -0.39 is 7.60 Å². The van der Waals surface area contributed by atoms with Crippen molar-refractivity contribution < 1.29 is 19.1 Å². The lowest BCUT2D eigenvalue weighted by Gasteiger charge is -2.10. The van der Waals surface area contributed by atoms with Crippen molar-refractivity contribution in [3.05, 3.63) is 0 Å². The van der Waals surface area contributed by atoms with Crippen LogP contribution in [0.5, 0.6) is 0 Å². The van der Waals surface area contributed by atoms with Gasteiger partial charge in [0.25, 0.3) is 0 Å². The Morgan fingerprint density at radius 3 is 1.70 bits per heavy atom. The Labute approximate surface area is 61.4 Å². The fourth-order valence-electron chi connectivity index (χ4n) is 0.506. The molecule has 5 heteroatoms. The number of hydrogen-bond donors (Lipinski definition) is 0. The van der Waals surface area contributed by atoms with E-state index in [1.54, 1.807) is 13.8 Å². The maximum atomic E-state index is 11.0. The summed E-state index contributed by atoms with van der Waals surface area (Å²) in [5.74, 6) is 0. The van der Waals surface area contributed by atoms with E-state index in [2.05, 4.69) is 0 Å². The highest BCUT2D eigenvalue weighted by Crippen LogP contribution is 2.43. The normalized spacial score (nSPS) is 10.7. The lowest BCUT2D eigenvalue weighted by Crippen LogP contribution is -1.92. The van der Waals surface area contributed by atoms with E-state index in [1.807, 2.05) is 0 Å². The molecule has 0 radical (unpaired) electrons. The Bertz CT molecular complexity index is 104. The molecule has 0 unspecified atom stereocenters. The zero-order valence-electron chi connectivity index (χ0n) is 6.59. The van der Waals surface area contributed by atoms with Crippen molar-refractivity contribution >= 4 is 7.60 Å². The third-order valence-corrected chi connectivity index (χ3v) is 2.18. The van der Waals surface area contributed by atoms with Gasteiger partial charge in [0.15, 0.2) is 0 Å². The van der Waals surface area contributed by atoms with E-state index in [0.717, 1.165) is 0 Å². The molecular formula is C5H15O4P. The van der Waals surface area contributed by atoms with Crippen molar-refractivity contribution in [2.45, 2.75) is 13.8 Å². The Kier molecular flexibility index (Phi) is 7.48. The van der Waals surface area contributed by atoms with Gasteiger partial charge >= 0.3 is 7.60 Å². The predicted octanol–water partition coefficient (Wildman–Crippen LogP) is 1.06. The molecule has 0 heterocycles. The van der Waals surface area contributed by atoms with Crippen LogP contribution in [0.15, 0.2) is 0 Å². The molecule has 0 aliphatic heterocycles. The minimum Gasteiger partial charge on any atom is -0.412 e. The van der Waals surface area contributed by atoms with Gasteiger partial charge < -0.3 is 14.5 Å². The SMILES string of the molecule is CCOP(C)(=O)OCC.O. The Hall–Kier alpha value is 0.110. The molecule has 0 bridgehead atoms. The first-order chi connectivity index (χ1) is 4.12. The van der Waals surface area contributed by atoms with Crippen molar-refractivity contribution in [3.8, 4) is 0 Å². The molecule has 4 nitrogen and oxygen atoms in total. The van der Waals surface area contributed by atoms with Gasteiger partial charge in [-0.2, -0.15) is 0 Å². The zero-order chi connectivity index (χ0) is 7.33. The van der Waals surface area contributed by atoms with Crippen LogP contribution in [0.2, 0.25) is 0 Å². The standard InChI is InChI=1S/C5H13O3P.H2O/c1-4-7-9(3,6)8-5-2;/h4-5H2,1-3H3;1H2. The third kappa shape index (κ3) is 6.23. The van der Waals surface area contributed by atoms with Crippen molar-refractivity contribution in [2.24, 2.45) is 0 Å². The first-order valence-corrected chi connectivity index (χ1v) is 4.98. The van der Waals surface area contributed by atoms with E-state index in [0.29, 0.717) is 13.2 Å². The van der Waals surface area contributed by atoms with E-state index in [4.69, 9.17) is 9.05 Å². The van der Waals surface area contributed by atoms with Gasteiger partial charge in [0.2, 0.25) is 0 Å². The highest BCUT2D eigenvalue weighted by atomic mass is 31.2.